The monoisotopic (exact) mass is 267 g/mol. The third-order valence-electron chi connectivity index (χ3n) is 5.46. The van der Waals surface area contributed by atoms with Crippen LogP contribution in [0.2, 0.25) is 0 Å². The van der Waals surface area contributed by atoms with E-state index in [1.165, 1.54) is 64.2 Å². The first-order chi connectivity index (χ1) is 9.17. The van der Waals surface area contributed by atoms with Crippen molar-refractivity contribution in [2.24, 2.45) is 17.6 Å². The van der Waals surface area contributed by atoms with Crippen molar-refractivity contribution in [2.75, 3.05) is 6.54 Å². The fourth-order valence-corrected chi connectivity index (χ4v) is 3.97. The van der Waals surface area contributed by atoms with Crippen molar-refractivity contribution in [2.45, 2.75) is 89.8 Å². The molecule has 0 heterocycles. The minimum atomic E-state index is 0.0233. The maximum Gasteiger partial charge on any atom is 0.0808 e. The van der Waals surface area contributed by atoms with Crippen LogP contribution in [0.25, 0.3) is 0 Å². The molecule has 0 atom stereocenters. The van der Waals surface area contributed by atoms with E-state index in [0.717, 1.165) is 18.4 Å². The molecule has 0 saturated heterocycles. The van der Waals surface area contributed by atoms with Gasteiger partial charge in [0.15, 0.2) is 0 Å². The van der Waals surface area contributed by atoms with E-state index in [4.69, 9.17) is 10.5 Å². The Bertz CT molecular complexity index is 250. The summed E-state index contributed by atoms with van der Waals surface area (Å²) in [4.78, 5) is 0. The van der Waals surface area contributed by atoms with Crippen molar-refractivity contribution in [3.63, 3.8) is 0 Å². The van der Waals surface area contributed by atoms with E-state index < -0.39 is 0 Å². The number of rotatable bonds is 5. The van der Waals surface area contributed by atoms with Gasteiger partial charge in [0.2, 0.25) is 0 Å². The van der Waals surface area contributed by atoms with Crippen LogP contribution in [0.15, 0.2) is 0 Å². The van der Waals surface area contributed by atoms with Gasteiger partial charge in [-0.25, -0.2) is 0 Å². The Morgan fingerprint density at radius 3 is 2.21 bits per heavy atom. The molecule has 0 amide bonds. The normalized spacial score (nSPS) is 40.3. The van der Waals surface area contributed by atoms with Gasteiger partial charge in [-0.3, -0.25) is 0 Å². The molecule has 2 aliphatic carbocycles. The molecular weight excluding hydrogens is 234 g/mol. The van der Waals surface area contributed by atoms with E-state index in [9.17, 15) is 0 Å². The molecule has 19 heavy (non-hydrogen) atoms. The second-order valence-corrected chi connectivity index (χ2v) is 7.12. The molecule has 0 aliphatic heterocycles. The summed E-state index contributed by atoms with van der Waals surface area (Å²) >= 11 is 0. The predicted molar refractivity (Wildman–Crippen MR) is 81.2 cm³/mol. The summed E-state index contributed by atoms with van der Waals surface area (Å²) in [6.07, 6.45) is 13.4. The average molecular weight is 267 g/mol. The lowest BCUT2D eigenvalue weighted by atomic mass is 9.76. The van der Waals surface area contributed by atoms with E-state index in [0.29, 0.717) is 6.10 Å². The highest BCUT2D eigenvalue weighted by Crippen LogP contribution is 2.39. The molecule has 2 aliphatic rings. The fourth-order valence-electron chi connectivity index (χ4n) is 3.97. The molecule has 2 N–H and O–H groups in total. The molecule has 0 unspecified atom stereocenters. The molecule has 0 aromatic heterocycles. The molecule has 2 heteroatoms. The van der Waals surface area contributed by atoms with E-state index in [-0.39, 0.29) is 5.60 Å². The second-order valence-electron chi connectivity index (χ2n) is 7.12. The van der Waals surface area contributed by atoms with Gasteiger partial charge in [-0.2, -0.15) is 0 Å². The van der Waals surface area contributed by atoms with Crippen molar-refractivity contribution in [1.82, 2.24) is 0 Å². The summed E-state index contributed by atoms with van der Waals surface area (Å²) in [5.74, 6) is 1.83. The molecule has 0 spiro atoms. The van der Waals surface area contributed by atoms with Crippen LogP contribution in [-0.4, -0.2) is 18.2 Å². The first-order valence-corrected chi connectivity index (χ1v) is 8.55. The van der Waals surface area contributed by atoms with Gasteiger partial charge < -0.3 is 10.5 Å². The molecule has 0 radical (unpaired) electrons. The molecule has 0 aromatic carbocycles. The van der Waals surface area contributed by atoms with Gasteiger partial charge in [-0.1, -0.05) is 26.7 Å². The smallest absolute Gasteiger partial charge is 0.0808 e. The van der Waals surface area contributed by atoms with Crippen LogP contribution in [-0.2, 0) is 4.74 Å². The van der Waals surface area contributed by atoms with Gasteiger partial charge in [0.1, 0.15) is 0 Å². The van der Waals surface area contributed by atoms with Gasteiger partial charge in [-0.15, -0.1) is 0 Å². The number of hydrogen-bond acceptors (Lipinski definition) is 2. The van der Waals surface area contributed by atoms with Crippen LogP contribution < -0.4 is 5.73 Å². The minimum absolute atomic E-state index is 0.0233. The van der Waals surface area contributed by atoms with Crippen molar-refractivity contribution >= 4 is 0 Å². The first-order valence-electron chi connectivity index (χ1n) is 8.55. The average Bonchev–Trinajstić information content (AvgIpc) is 2.44. The van der Waals surface area contributed by atoms with Gasteiger partial charge in [-0.05, 0) is 63.2 Å². The molecule has 2 fully saturated rings. The third kappa shape index (κ3) is 4.19. The summed E-state index contributed by atoms with van der Waals surface area (Å²) in [6, 6.07) is 0. The SMILES string of the molecule is CCCC1CCC(CN)(OC2CCC(C)CC2)CC1. The number of ether oxygens (including phenoxy) is 1. The van der Waals surface area contributed by atoms with Gasteiger partial charge in [0.25, 0.3) is 0 Å². The number of nitrogens with two attached hydrogens (primary N) is 1. The lowest BCUT2D eigenvalue weighted by Crippen LogP contribution is -2.47. The molecule has 2 rings (SSSR count). The topological polar surface area (TPSA) is 35.2 Å². The van der Waals surface area contributed by atoms with Gasteiger partial charge >= 0.3 is 0 Å². The van der Waals surface area contributed by atoms with E-state index >= 15 is 0 Å². The standard InChI is InChI=1S/C17H33NO/c1-3-4-15-9-11-17(13-18,12-10-15)19-16-7-5-14(2)6-8-16/h14-16H,3-13,18H2,1-2H3. The highest BCUT2D eigenvalue weighted by atomic mass is 16.5. The second kappa shape index (κ2) is 7.08. The third-order valence-corrected chi connectivity index (χ3v) is 5.46. The summed E-state index contributed by atoms with van der Waals surface area (Å²) in [6.45, 7) is 5.38. The molecule has 0 bridgehead atoms. The lowest BCUT2D eigenvalue weighted by Gasteiger charge is -2.43. The number of hydrogen-bond donors (Lipinski definition) is 1. The van der Waals surface area contributed by atoms with Crippen molar-refractivity contribution in [3.8, 4) is 0 Å². The van der Waals surface area contributed by atoms with Crippen LogP contribution in [0.1, 0.15) is 78.1 Å². The van der Waals surface area contributed by atoms with Gasteiger partial charge in [0, 0.05) is 6.54 Å². The Morgan fingerprint density at radius 1 is 1.05 bits per heavy atom. The quantitative estimate of drug-likeness (QED) is 0.807. The summed E-state index contributed by atoms with van der Waals surface area (Å²) in [5, 5.41) is 0. The van der Waals surface area contributed by atoms with Crippen LogP contribution in [0, 0.1) is 11.8 Å². The highest BCUT2D eigenvalue weighted by Gasteiger charge is 2.37. The largest absolute Gasteiger partial charge is 0.370 e. The van der Waals surface area contributed by atoms with Crippen LogP contribution in [0.3, 0.4) is 0 Å². The lowest BCUT2D eigenvalue weighted by molar-refractivity contribution is -0.126. The maximum atomic E-state index is 6.52. The van der Waals surface area contributed by atoms with Crippen molar-refractivity contribution in [1.29, 1.82) is 0 Å². The molecule has 2 saturated carbocycles. The molecular formula is C17H33NO. The fraction of sp³-hybridized carbons (Fsp3) is 1.00. The maximum absolute atomic E-state index is 6.52. The first kappa shape index (κ1) is 15.3. The Hall–Kier alpha value is -0.0800. The molecule has 2 nitrogen and oxygen atoms in total. The molecule has 112 valence electrons. The minimum Gasteiger partial charge on any atom is -0.370 e. The van der Waals surface area contributed by atoms with Crippen molar-refractivity contribution in [3.05, 3.63) is 0 Å². The molecule has 0 aromatic rings. The summed E-state index contributed by atoms with van der Waals surface area (Å²) in [5.41, 5.74) is 6.10. The van der Waals surface area contributed by atoms with Crippen LogP contribution >= 0.6 is 0 Å². The summed E-state index contributed by atoms with van der Waals surface area (Å²) < 4.78 is 6.52. The van der Waals surface area contributed by atoms with Gasteiger partial charge in [0.05, 0.1) is 11.7 Å². The van der Waals surface area contributed by atoms with Crippen molar-refractivity contribution < 1.29 is 4.74 Å². The Kier molecular flexibility index (Phi) is 5.70. The van der Waals surface area contributed by atoms with Crippen LogP contribution in [0.5, 0.6) is 0 Å². The Balaban J connectivity index is 1.82. The Labute approximate surface area is 119 Å². The zero-order valence-electron chi connectivity index (χ0n) is 13.0. The predicted octanol–water partition coefficient (Wildman–Crippen LogP) is 4.27. The Morgan fingerprint density at radius 2 is 1.68 bits per heavy atom. The highest BCUT2D eigenvalue weighted by molar-refractivity contribution is 4.90. The van der Waals surface area contributed by atoms with E-state index in [2.05, 4.69) is 13.8 Å². The zero-order valence-corrected chi connectivity index (χ0v) is 13.0. The summed E-state index contributed by atoms with van der Waals surface area (Å²) in [7, 11) is 0. The van der Waals surface area contributed by atoms with E-state index in [1.807, 2.05) is 0 Å². The van der Waals surface area contributed by atoms with Crippen LogP contribution in [0.4, 0.5) is 0 Å². The zero-order chi connectivity index (χ0) is 13.7. The van der Waals surface area contributed by atoms with E-state index in [1.54, 1.807) is 0 Å².